The molecule has 3 nitrogen and oxygen atoms in total. The quantitative estimate of drug-likeness (QED) is 0.246. The summed E-state index contributed by atoms with van der Waals surface area (Å²) in [5.41, 5.74) is 7.68. The molecular formula is C27H50N2O. The Balaban J connectivity index is 0.000000867. The Bertz CT molecular complexity index is 484. The van der Waals surface area contributed by atoms with Crippen molar-refractivity contribution in [2.75, 3.05) is 6.54 Å². The number of carbonyl (C=O) groups is 1. The van der Waals surface area contributed by atoms with Crippen molar-refractivity contribution < 1.29 is 4.79 Å². The first-order chi connectivity index (χ1) is 14.6. The van der Waals surface area contributed by atoms with Gasteiger partial charge in [0, 0.05) is 6.54 Å². The van der Waals surface area contributed by atoms with E-state index in [4.69, 9.17) is 5.73 Å². The normalized spacial score (nSPS) is 10.4. The van der Waals surface area contributed by atoms with Gasteiger partial charge in [-0.2, -0.15) is 0 Å². The fourth-order valence-corrected chi connectivity index (χ4v) is 3.69. The lowest BCUT2D eigenvalue weighted by Gasteiger charge is -2.04. The van der Waals surface area contributed by atoms with Gasteiger partial charge in [-0.15, -0.1) is 0 Å². The second kappa shape index (κ2) is 22.2. The van der Waals surface area contributed by atoms with Crippen LogP contribution in [0.4, 0.5) is 4.79 Å². The molecule has 0 aliphatic heterocycles. The van der Waals surface area contributed by atoms with Crippen LogP contribution in [0.2, 0.25) is 0 Å². The molecule has 3 heteroatoms. The topological polar surface area (TPSA) is 55.1 Å². The standard InChI is InChI=1S/C19H40N2O.C8H10/c1-2-3-4-5-6-7-8-9-10-11-12-13-14-15-16-17-18-21-19(20)22;1-7-4-3-5-8(2)6-7/h2-18H2,1H3,(H3,20,21,22);3-6H,1-2H3. The number of nitrogens with two attached hydrogens (primary N) is 1. The fourth-order valence-electron chi connectivity index (χ4n) is 3.69. The highest BCUT2D eigenvalue weighted by molar-refractivity contribution is 5.71. The van der Waals surface area contributed by atoms with Gasteiger partial charge in [0.2, 0.25) is 0 Å². The van der Waals surface area contributed by atoms with Crippen molar-refractivity contribution in [3.8, 4) is 0 Å². The van der Waals surface area contributed by atoms with E-state index in [2.05, 4.69) is 50.4 Å². The van der Waals surface area contributed by atoms with Crippen molar-refractivity contribution in [3.05, 3.63) is 35.4 Å². The summed E-state index contributed by atoms with van der Waals surface area (Å²) < 4.78 is 0. The zero-order chi connectivity index (χ0) is 22.3. The summed E-state index contributed by atoms with van der Waals surface area (Å²) in [5.74, 6) is 0. The number of primary amides is 1. The van der Waals surface area contributed by atoms with Crippen LogP contribution in [0.5, 0.6) is 0 Å². The zero-order valence-corrected chi connectivity index (χ0v) is 20.3. The van der Waals surface area contributed by atoms with E-state index in [1.807, 2.05) is 0 Å². The molecule has 0 radical (unpaired) electrons. The molecule has 0 heterocycles. The van der Waals surface area contributed by atoms with Crippen molar-refractivity contribution in [3.63, 3.8) is 0 Å². The maximum Gasteiger partial charge on any atom is 0.312 e. The van der Waals surface area contributed by atoms with E-state index in [0.717, 1.165) is 13.0 Å². The molecule has 0 aliphatic rings. The van der Waals surface area contributed by atoms with Gasteiger partial charge in [-0.05, 0) is 20.3 Å². The van der Waals surface area contributed by atoms with Gasteiger partial charge in [0.1, 0.15) is 0 Å². The molecule has 1 rings (SSSR count). The summed E-state index contributed by atoms with van der Waals surface area (Å²) in [6.07, 6.45) is 21.9. The molecule has 30 heavy (non-hydrogen) atoms. The van der Waals surface area contributed by atoms with E-state index in [1.54, 1.807) is 0 Å². The smallest absolute Gasteiger partial charge is 0.312 e. The molecule has 0 aromatic heterocycles. The van der Waals surface area contributed by atoms with Crippen molar-refractivity contribution in [1.82, 2.24) is 5.32 Å². The van der Waals surface area contributed by atoms with Crippen molar-refractivity contribution in [2.45, 2.75) is 124 Å². The summed E-state index contributed by atoms with van der Waals surface area (Å²) in [6.45, 7) is 7.22. The molecule has 0 spiro atoms. The minimum absolute atomic E-state index is 0.402. The SMILES string of the molecule is CCCCCCCCCCCCCCCCCCNC(N)=O.Cc1cccc(C)c1. The molecule has 174 valence electrons. The number of urea groups is 1. The van der Waals surface area contributed by atoms with Gasteiger partial charge in [-0.25, -0.2) is 4.79 Å². The highest BCUT2D eigenvalue weighted by Gasteiger charge is 1.95. The molecular weight excluding hydrogens is 368 g/mol. The number of amides is 2. The molecule has 0 saturated carbocycles. The van der Waals surface area contributed by atoms with Crippen molar-refractivity contribution >= 4 is 6.03 Å². The summed E-state index contributed by atoms with van der Waals surface area (Å²) in [5, 5.41) is 2.63. The molecule has 1 aromatic carbocycles. The first kappa shape index (κ1) is 28.5. The van der Waals surface area contributed by atoms with E-state index in [0.29, 0.717) is 0 Å². The Hall–Kier alpha value is -1.51. The first-order valence-corrected chi connectivity index (χ1v) is 12.6. The van der Waals surface area contributed by atoms with Gasteiger partial charge in [0.25, 0.3) is 0 Å². The lowest BCUT2D eigenvalue weighted by Crippen LogP contribution is -2.29. The van der Waals surface area contributed by atoms with E-state index >= 15 is 0 Å². The Morgan fingerprint density at radius 1 is 0.700 bits per heavy atom. The van der Waals surface area contributed by atoms with Crippen molar-refractivity contribution in [1.29, 1.82) is 0 Å². The van der Waals surface area contributed by atoms with E-state index in [9.17, 15) is 4.79 Å². The summed E-state index contributed by atoms with van der Waals surface area (Å²) in [4.78, 5) is 10.5. The van der Waals surface area contributed by atoms with Crippen LogP contribution < -0.4 is 11.1 Å². The first-order valence-electron chi connectivity index (χ1n) is 12.6. The average Bonchev–Trinajstić information content (AvgIpc) is 2.70. The third-order valence-electron chi connectivity index (χ3n) is 5.50. The zero-order valence-electron chi connectivity index (χ0n) is 20.3. The maximum atomic E-state index is 10.5. The van der Waals surface area contributed by atoms with E-state index in [-0.39, 0.29) is 0 Å². The molecule has 0 bridgehead atoms. The number of rotatable bonds is 17. The Labute approximate surface area is 187 Å². The molecule has 3 N–H and O–H groups in total. The Kier molecular flexibility index (Phi) is 21.1. The van der Waals surface area contributed by atoms with Gasteiger partial charge < -0.3 is 11.1 Å². The van der Waals surface area contributed by atoms with Crippen LogP contribution in [0, 0.1) is 13.8 Å². The van der Waals surface area contributed by atoms with Gasteiger partial charge in [0.15, 0.2) is 0 Å². The third kappa shape index (κ3) is 22.8. The van der Waals surface area contributed by atoms with Crippen LogP contribution in [0.15, 0.2) is 24.3 Å². The number of hydrogen-bond donors (Lipinski definition) is 2. The largest absolute Gasteiger partial charge is 0.352 e. The number of nitrogens with one attached hydrogen (secondary N) is 1. The molecule has 0 fully saturated rings. The Morgan fingerprint density at radius 2 is 1.07 bits per heavy atom. The van der Waals surface area contributed by atoms with Gasteiger partial charge in [-0.3, -0.25) is 0 Å². The van der Waals surface area contributed by atoms with Crippen LogP contribution in [-0.2, 0) is 0 Å². The van der Waals surface area contributed by atoms with Crippen LogP contribution in [0.3, 0.4) is 0 Å². The van der Waals surface area contributed by atoms with Gasteiger partial charge in [-0.1, -0.05) is 139 Å². The highest BCUT2D eigenvalue weighted by Crippen LogP contribution is 2.13. The summed E-state index contributed by atoms with van der Waals surface area (Å²) in [7, 11) is 0. The van der Waals surface area contributed by atoms with E-state index in [1.165, 1.54) is 107 Å². The number of carbonyl (C=O) groups excluding carboxylic acids is 1. The van der Waals surface area contributed by atoms with Crippen LogP contribution in [0.1, 0.15) is 121 Å². The molecule has 2 amide bonds. The molecule has 0 atom stereocenters. The number of benzene rings is 1. The molecule has 0 aliphatic carbocycles. The molecule has 1 aromatic rings. The number of hydrogen-bond acceptors (Lipinski definition) is 1. The maximum absolute atomic E-state index is 10.5. The fraction of sp³-hybridized carbons (Fsp3) is 0.741. The number of aryl methyl sites for hydroxylation is 2. The van der Waals surface area contributed by atoms with Gasteiger partial charge in [0.05, 0.1) is 0 Å². The van der Waals surface area contributed by atoms with E-state index < -0.39 is 6.03 Å². The van der Waals surface area contributed by atoms with Crippen molar-refractivity contribution in [2.24, 2.45) is 5.73 Å². The van der Waals surface area contributed by atoms with Crippen LogP contribution >= 0.6 is 0 Å². The second-order valence-corrected chi connectivity index (χ2v) is 8.75. The van der Waals surface area contributed by atoms with Gasteiger partial charge >= 0.3 is 6.03 Å². The lowest BCUT2D eigenvalue weighted by molar-refractivity contribution is 0.248. The van der Waals surface area contributed by atoms with Crippen LogP contribution in [0.25, 0.3) is 0 Å². The highest BCUT2D eigenvalue weighted by atomic mass is 16.2. The minimum Gasteiger partial charge on any atom is -0.352 e. The second-order valence-electron chi connectivity index (χ2n) is 8.75. The summed E-state index contributed by atoms with van der Waals surface area (Å²) in [6, 6.07) is 8.05. The molecule has 0 saturated heterocycles. The predicted molar refractivity (Wildman–Crippen MR) is 133 cm³/mol. The Morgan fingerprint density at radius 3 is 1.37 bits per heavy atom. The van der Waals surface area contributed by atoms with Crippen LogP contribution in [-0.4, -0.2) is 12.6 Å². The average molecular weight is 419 g/mol. The summed E-state index contributed by atoms with van der Waals surface area (Å²) >= 11 is 0. The minimum atomic E-state index is -0.402. The lowest BCUT2D eigenvalue weighted by atomic mass is 10.0. The monoisotopic (exact) mass is 418 g/mol. The third-order valence-corrected chi connectivity index (χ3v) is 5.50. The molecule has 0 unspecified atom stereocenters. The number of unbranched alkanes of at least 4 members (excludes halogenated alkanes) is 15. The predicted octanol–water partition coefficient (Wildman–Crippen LogP) is 8.22.